The molecule has 2 atom stereocenters. The summed E-state index contributed by atoms with van der Waals surface area (Å²) >= 11 is 0. The van der Waals surface area contributed by atoms with E-state index in [1.807, 2.05) is 0 Å². The third kappa shape index (κ3) is 4.77. The Labute approximate surface area is 161 Å². The number of ether oxygens (including phenoxy) is 2. The Morgan fingerprint density at radius 3 is 2.25 bits per heavy atom. The molecule has 1 aliphatic rings. The monoisotopic (exact) mass is 393 g/mol. The first kappa shape index (κ1) is 20.0. The first-order valence-corrected chi connectivity index (χ1v) is 8.98. The maximum Gasteiger partial charge on any atom is 0.416 e. The van der Waals surface area contributed by atoms with E-state index in [0.717, 1.165) is 23.4 Å². The van der Waals surface area contributed by atoms with E-state index in [0.29, 0.717) is 25.3 Å². The van der Waals surface area contributed by atoms with Gasteiger partial charge in [-0.25, -0.2) is 0 Å². The fraction of sp³-hybridized carbons (Fsp3) is 0.381. The van der Waals surface area contributed by atoms with Gasteiger partial charge in [0.1, 0.15) is 18.1 Å². The normalized spacial score (nSPS) is 18.5. The molecule has 2 unspecified atom stereocenters. The van der Waals surface area contributed by atoms with Crippen LogP contribution in [0.3, 0.4) is 0 Å². The van der Waals surface area contributed by atoms with Gasteiger partial charge in [0.05, 0.1) is 19.2 Å². The molecule has 0 saturated heterocycles. The summed E-state index contributed by atoms with van der Waals surface area (Å²) in [6, 6.07) is 12.3. The SMILES string of the molecule is COc1ccc(OCCN(C)C(=O)C2CC2c2ccc(C(F)(F)F)cc2)cc1. The molecule has 0 aromatic heterocycles. The minimum Gasteiger partial charge on any atom is -0.497 e. The van der Waals surface area contributed by atoms with E-state index >= 15 is 0 Å². The topological polar surface area (TPSA) is 38.8 Å². The molecule has 1 amide bonds. The molecule has 1 aliphatic carbocycles. The van der Waals surface area contributed by atoms with Crippen molar-refractivity contribution in [3.63, 3.8) is 0 Å². The Morgan fingerprint density at radius 1 is 1.07 bits per heavy atom. The number of benzene rings is 2. The van der Waals surface area contributed by atoms with Gasteiger partial charge < -0.3 is 14.4 Å². The summed E-state index contributed by atoms with van der Waals surface area (Å²) in [7, 11) is 3.30. The van der Waals surface area contributed by atoms with Crippen molar-refractivity contribution in [1.29, 1.82) is 0 Å². The van der Waals surface area contributed by atoms with Crippen LogP contribution in [0.4, 0.5) is 13.2 Å². The van der Waals surface area contributed by atoms with Crippen LogP contribution in [0, 0.1) is 5.92 Å². The molecule has 0 bridgehead atoms. The number of carbonyl (C=O) groups is 1. The van der Waals surface area contributed by atoms with Gasteiger partial charge in [0.15, 0.2) is 0 Å². The zero-order valence-electron chi connectivity index (χ0n) is 15.7. The van der Waals surface area contributed by atoms with E-state index in [2.05, 4.69) is 0 Å². The van der Waals surface area contributed by atoms with Crippen LogP contribution >= 0.6 is 0 Å². The quantitative estimate of drug-likeness (QED) is 0.702. The second kappa shape index (κ2) is 8.12. The lowest BCUT2D eigenvalue weighted by atomic mass is 10.1. The van der Waals surface area contributed by atoms with E-state index in [1.165, 1.54) is 12.1 Å². The van der Waals surface area contributed by atoms with Crippen molar-refractivity contribution in [2.24, 2.45) is 5.92 Å². The third-order valence-electron chi connectivity index (χ3n) is 4.90. The third-order valence-corrected chi connectivity index (χ3v) is 4.90. The zero-order chi connectivity index (χ0) is 20.3. The van der Waals surface area contributed by atoms with Crippen LogP contribution in [0.1, 0.15) is 23.5 Å². The number of carbonyl (C=O) groups excluding carboxylic acids is 1. The molecule has 2 aromatic carbocycles. The van der Waals surface area contributed by atoms with Crippen LogP contribution in [-0.4, -0.2) is 38.1 Å². The molecule has 4 nitrogen and oxygen atoms in total. The molecule has 0 aliphatic heterocycles. The number of amides is 1. The molecule has 2 aromatic rings. The van der Waals surface area contributed by atoms with E-state index in [4.69, 9.17) is 9.47 Å². The molecule has 0 N–H and O–H groups in total. The number of nitrogens with zero attached hydrogens (tertiary/aromatic N) is 1. The molecule has 1 saturated carbocycles. The highest BCUT2D eigenvalue weighted by Crippen LogP contribution is 2.48. The van der Waals surface area contributed by atoms with Crippen LogP contribution in [0.5, 0.6) is 11.5 Å². The number of hydrogen-bond acceptors (Lipinski definition) is 3. The molecular weight excluding hydrogens is 371 g/mol. The van der Waals surface area contributed by atoms with Crippen molar-refractivity contribution in [1.82, 2.24) is 4.90 Å². The first-order chi connectivity index (χ1) is 13.3. The Hall–Kier alpha value is -2.70. The molecule has 0 spiro atoms. The molecule has 0 heterocycles. The Bertz CT molecular complexity index is 803. The molecule has 7 heteroatoms. The van der Waals surface area contributed by atoms with Crippen molar-refractivity contribution in [2.45, 2.75) is 18.5 Å². The highest BCUT2D eigenvalue weighted by atomic mass is 19.4. The standard InChI is InChI=1S/C21H22F3NO3/c1-25(11-12-28-17-9-7-16(27-2)8-10-17)20(26)19-13-18(19)14-3-5-15(6-4-14)21(22,23)24/h3-10,18-19H,11-13H2,1-2H3. The van der Waals surface area contributed by atoms with Gasteiger partial charge in [0, 0.05) is 13.0 Å². The number of rotatable bonds is 7. The number of hydrogen-bond donors (Lipinski definition) is 0. The molecule has 150 valence electrons. The maximum absolute atomic E-state index is 12.6. The Kier molecular flexibility index (Phi) is 5.82. The molecule has 28 heavy (non-hydrogen) atoms. The van der Waals surface area contributed by atoms with Crippen molar-refractivity contribution >= 4 is 5.91 Å². The fourth-order valence-electron chi connectivity index (χ4n) is 3.12. The van der Waals surface area contributed by atoms with Crippen molar-refractivity contribution in [2.75, 3.05) is 27.3 Å². The minimum atomic E-state index is -4.35. The number of halogens is 3. The second-order valence-corrected chi connectivity index (χ2v) is 6.85. The number of alkyl halides is 3. The maximum atomic E-state index is 12.6. The summed E-state index contributed by atoms with van der Waals surface area (Å²) in [4.78, 5) is 14.1. The van der Waals surface area contributed by atoms with Crippen molar-refractivity contribution < 1.29 is 27.4 Å². The Balaban J connectivity index is 1.46. The van der Waals surface area contributed by atoms with Crippen molar-refractivity contribution in [3.05, 3.63) is 59.7 Å². The fourth-order valence-corrected chi connectivity index (χ4v) is 3.12. The van der Waals surface area contributed by atoms with Crippen LogP contribution < -0.4 is 9.47 Å². The molecule has 3 rings (SSSR count). The molecule has 0 radical (unpaired) electrons. The summed E-state index contributed by atoms with van der Waals surface area (Å²) in [6.07, 6.45) is -3.69. The van der Waals surface area contributed by atoms with Crippen LogP contribution in [-0.2, 0) is 11.0 Å². The lowest BCUT2D eigenvalue weighted by Crippen LogP contribution is -2.32. The highest BCUT2D eigenvalue weighted by molar-refractivity contribution is 5.82. The number of methoxy groups -OCH3 is 1. The van der Waals surface area contributed by atoms with E-state index in [9.17, 15) is 18.0 Å². The van der Waals surface area contributed by atoms with Gasteiger partial charge in [-0.15, -0.1) is 0 Å². The Morgan fingerprint density at radius 2 is 1.68 bits per heavy atom. The van der Waals surface area contributed by atoms with Gasteiger partial charge in [-0.2, -0.15) is 13.2 Å². The summed E-state index contributed by atoms with van der Waals surface area (Å²) in [5, 5.41) is 0. The van der Waals surface area contributed by atoms with Gasteiger partial charge in [0.25, 0.3) is 0 Å². The first-order valence-electron chi connectivity index (χ1n) is 8.98. The highest BCUT2D eigenvalue weighted by Gasteiger charge is 2.45. The summed E-state index contributed by atoms with van der Waals surface area (Å²) in [5.74, 6) is 1.23. The van der Waals surface area contributed by atoms with Gasteiger partial charge in [-0.1, -0.05) is 12.1 Å². The predicted octanol–water partition coefficient (Wildman–Crippen LogP) is 4.35. The average Bonchev–Trinajstić information content (AvgIpc) is 3.48. The van der Waals surface area contributed by atoms with Gasteiger partial charge in [-0.05, 0) is 54.3 Å². The van der Waals surface area contributed by atoms with Crippen LogP contribution in [0.2, 0.25) is 0 Å². The minimum absolute atomic E-state index is 0.0109. The van der Waals surface area contributed by atoms with E-state index in [1.54, 1.807) is 43.3 Å². The lowest BCUT2D eigenvalue weighted by Gasteiger charge is -2.18. The van der Waals surface area contributed by atoms with E-state index < -0.39 is 11.7 Å². The van der Waals surface area contributed by atoms with Gasteiger partial charge in [-0.3, -0.25) is 4.79 Å². The zero-order valence-corrected chi connectivity index (χ0v) is 15.7. The largest absolute Gasteiger partial charge is 0.497 e. The van der Waals surface area contributed by atoms with Gasteiger partial charge >= 0.3 is 6.18 Å². The van der Waals surface area contributed by atoms with Crippen LogP contribution in [0.25, 0.3) is 0 Å². The molecular formula is C21H22F3NO3. The van der Waals surface area contributed by atoms with Gasteiger partial charge in [0.2, 0.25) is 5.91 Å². The second-order valence-electron chi connectivity index (χ2n) is 6.85. The summed E-state index contributed by atoms with van der Waals surface area (Å²) in [5.41, 5.74) is 0.0989. The molecule has 1 fully saturated rings. The predicted molar refractivity (Wildman–Crippen MR) is 98.4 cm³/mol. The summed E-state index contributed by atoms with van der Waals surface area (Å²) < 4.78 is 48.7. The lowest BCUT2D eigenvalue weighted by molar-refractivity contribution is -0.137. The average molecular weight is 393 g/mol. The number of likely N-dealkylation sites (N-methyl/N-ethyl adjacent to an activating group) is 1. The van der Waals surface area contributed by atoms with Crippen molar-refractivity contribution in [3.8, 4) is 11.5 Å². The van der Waals surface area contributed by atoms with Crippen LogP contribution in [0.15, 0.2) is 48.5 Å². The van der Waals surface area contributed by atoms with E-state index in [-0.39, 0.29) is 17.7 Å². The summed E-state index contributed by atoms with van der Waals surface area (Å²) in [6.45, 7) is 0.785. The smallest absolute Gasteiger partial charge is 0.416 e.